The van der Waals surface area contributed by atoms with Crippen molar-refractivity contribution in [2.45, 2.75) is 20.3 Å². The molecule has 0 atom stereocenters. The maximum atomic E-state index is 12.6. The predicted octanol–water partition coefficient (Wildman–Crippen LogP) is 3.07. The van der Waals surface area contributed by atoms with Gasteiger partial charge in [0.25, 0.3) is 11.8 Å². The molecule has 0 radical (unpaired) electrons. The zero-order valence-electron chi connectivity index (χ0n) is 15.8. The van der Waals surface area contributed by atoms with Gasteiger partial charge in [0.1, 0.15) is 5.00 Å². The number of hydrogen-bond acceptors (Lipinski definition) is 6. The Morgan fingerprint density at radius 1 is 1.37 bits per heavy atom. The van der Waals surface area contributed by atoms with Crippen LogP contribution in [0.25, 0.3) is 0 Å². The molecule has 2 aromatic rings. The Bertz CT molecular complexity index is 888. The van der Waals surface area contributed by atoms with Gasteiger partial charge in [0, 0.05) is 27.3 Å². The molecule has 2 rings (SSSR count). The zero-order valence-corrected chi connectivity index (χ0v) is 18.2. The third-order valence-electron chi connectivity index (χ3n) is 3.61. The molecule has 0 aromatic carbocycles. The van der Waals surface area contributed by atoms with Crippen molar-refractivity contribution in [3.63, 3.8) is 0 Å². The standard InChI is InChI=1S/C17H21BrN4O4S/c1-6-7-26-17(25)11-9(2)13(16(24)21(3)4)27-15(11)19-14(23)12-10(18)8-22(5)20-12/h8H,6-7H2,1-5H3,(H,19,23). The minimum absolute atomic E-state index is 0.178. The van der Waals surface area contributed by atoms with Crippen molar-refractivity contribution in [3.8, 4) is 0 Å². The van der Waals surface area contributed by atoms with E-state index < -0.39 is 11.9 Å². The average molecular weight is 457 g/mol. The summed E-state index contributed by atoms with van der Waals surface area (Å²) in [6.07, 6.45) is 2.31. The van der Waals surface area contributed by atoms with Crippen LogP contribution in [0.5, 0.6) is 0 Å². The van der Waals surface area contributed by atoms with Crippen LogP contribution in [0.4, 0.5) is 5.00 Å². The summed E-state index contributed by atoms with van der Waals surface area (Å²) in [5, 5.41) is 7.05. The van der Waals surface area contributed by atoms with Crippen molar-refractivity contribution >= 4 is 50.1 Å². The molecule has 0 spiro atoms. The summed E-state index contributed by atoms with van der Waals surface area (Å²) in [4.78, 5) is 39.3. The molecule has 0 bridgehead atoms. The number of carbonyl (C=O) groups excluding carboxylic acids is 3. The molecule has 2 amide bonds. The second-order valence-corrected chi connectivity index (χ2v) is 7.92. The van der Waals surface area contributed by atoms with E-state index in [0.29, 0.717) is 21.3 Å². The molecule has 0 aliphatic carbocycles. The molecule has 1 N–H and O–H groups in total. The molecule has 0 saturated carbocycles. The molecular weight excluding hydrogens is 436 g/mol. The number of halogens is 1. The Morgan fingerprint density at radius 2 is 2.04 bits per heavy atom. The van der Waals surface area contributed by atoms with E-state index in [0.717, 1.165) is 11.3 Å². The largest absolute Gasteiger partial charge is 0.462 e. The number of nitrogens with zero attached hydrogens (tertiary/aromatic N) is 3. The first-order valence-corrected chi connectivity index (χ1v) is 9.80. The second kappa shape index (κ2) is 8.66. The molecule has 27 heavy (non-hydrogen) atoms. The van der Waals surface area contributed by atoms with Gasteiger partial charge in [0.05, 0.1) is 21.5 Å². The Morgan fingerprint density at radius 3 is 2.56 bits per heavy atom. The van der Waals surface area contributed by atoms with Crippen molar-refractivity contribution in [1.29, 1.82) is 0 Å². The van der Waals surface area contributed by atoms with Crippen molar-refractivity contribution in [3.05, 3.63) is 32.4 Å². The number of anilines is 1. The molecule has 2 aromatic heterocycles. The van der Waals surface area contributed by atoms with Crippen molar-refractivity contribution in [2.24, 2.45) is 7.05 Å². The highest BCUT2D eigenvalue weighted by atomic mass is 79.9. The fourth-order valence-corrected chi connectivity index (χ4v) is 4.06. The lowest BCUT2D eigenvalue weighted by molar-refractivity contribution is 0.0506. The summed E-state index contributed by atoms with van der Waals surface area (Å²) >= 11 is 4.33. The first-order chi connectivity index (χ1) is 12.7. The monoisotopic (exact) mass is 456 g/mol. The zero-order chi connectivity index (χ0) is 20.3. The van der Waals surface area contributed by atoms with Gasteiger partial charge in [0.2, 0.25) is 0 Å². The average Bonchev–Trinajstić information content (AvgIpc) is 3.10. The van der Waals surface area contributed by atoms with Crippen LogP contribution in [0, 0.1) is 6.92 Å². The topological polar surface area (TPSA) is 93.5 Å². The first kappa shape index (κ1) is 21.1. The lowest BCUT2D eigenvalue weighted by Crippen LogP contribution is -2.21. The number of rotatable bonds is 6. The van der Waals surface area contributed by atoms with E-state index in [4.69, 9.17) is 4.74 Å². The maximum Gasteiger partial charge on any atom is 0.341 e. The number of hydrogen-bond donors (Lipinski definition) is 1. The molecule has 146 valence electrons. The van der Waals surface area contributed by atoms with Gasteiger partial charge >= 0.3 is 5.97 Å². The highest BCUT2D eigenvalue weighted by molar-refractivity contribution is 9.10. The minimum Gasteiger partial charge on any atom is -0.462 e. The molecule has 10 heteroatoms. The SMILES string of the molecule is CCCOC(=O)c1c(NC(=O)c2nn(C)cc2Br)sc(C(=O)N(C)C)c1C. The van der Waals surface area contributed by atoms with Gasteiger partial charge in [-0.3, -0.25) is 14.3 Å². The van der Waals surface area contributed by atoms with Crippen LogP contribution in [-0.2, 0) is 11.8 Å². The molecule has 0 unspecified atom stereocenters. The quantitative estimate of drug-likeness (QED) is 0.673. The minimum atomic E-state index is -0.571. The van der Waals surface area contributed by atoms with Crippen molar-refractivity contribution < 1.29 is 19.1 Å². The maximum absolute atomic E-state index is 12.6. The van der Waals surface area contributed by atoms with Crippen LogP contribution in [0.2, 0.25) is 0 Å². The van der Waals surface area contributed by atoms with Gasteiger partial charge in [0.15, 0.2) is 5.69 Å². The molecule has 2 heterocycles. The summed E-state index contributed by atoms with van der Waals surface area (Å²) in [5.41, 5.74) is 0.853. The molecule has 0 aliphatic rings. The third kappa shape index (κ3) is 4.56. The highest BCUT2D eigenvalue weighted by Gasteiger charge is 2.28. The van der Waals surface area contributed by atoms with Gasteiger partial charge in [-0.25, -0.2) is 4.79 Å². The summed E-state index contributed by atoms with van der Waals surface area (Å²) in [7, 11) is 4.94. The number of amides is 2. The summed E-state index contributed by atoms with van der Waals surface area (Å²) < 4.78 is 7.25. The van der Waals surface area contributed by atoms with Crippen LogP contribution in [0.1, 0.15) is 49.4 Å². The number of aromatic nitrogens is 2. The third-order valence-corrected chi connectivity index (χ3v) is 5.39. The number of esters is 1. The summed E-state index contributed by atoms with van der Waals surface area (Å²) in [5.74, 6) is -1.31. The Labute approximate surface area is 169 Å². The van der Waals surface area contributed by atoms with Crippen molar-refractivity contribution in [2.75, 3.05) is 26.0 Å². The molecule has 0 fully saturated rings. The number of nitrogens with one attached hydrogen (secondary N) is 1. The van der Waals surface area contributed by atoms with E-state index in [2.05, 4.69) is 26.3 Å². The smallest absolute Gasteiger partial charge is 0.341 e. The van der Waals surface area contributed by atoms with Crippen LogP contribution in [-0.4, -0.2) is 53.2 Å². The Kier molecular flexibility index (Phi) is 6.77. The van der Waals surface area contributed by atoms with E-state index >= 15 is 0 Å². The Hall–Kier alpha value is -2.20. The fourth-order valence-electron chi connectivity index (χ4n) is 2.30. The summed E-state index contributed by atoms with van der Waals surface area (Å²) in [6, 6.07) is 0. The fraction of sp³-hybridized carbons (Fsp3) is 0.412. The lowest BCUT2D eigenvalue weighted by atomic mass is 10.1. The van der Waals surface area contributed by atoms with E-state index in [9.17, 15) is 14.4 Å². The van der Waals surface area contributed by atoms with Gasteiger partial charge in [-0.15, -0.1) is 11.3 Å². The van der Waals surface area contributed by atoms with Crippen LogP contribution in [0.15, 0.2) is 10.7 Å². The van der Waals surface area contributed by atoms with Crippen LogP contribution < -0.4 is 5.32 Å². The van der Waals surface area contributed by atoms with E-state index in [1.807, 2.05) is 6.92 Å². The lowest BCUT2D eigenvalue weighted by Gasteiger charge is -2.09. The molecule has 0 saturated heterocycles. The number of carbonyl (C=O) groups is 3. The van der Waals surface area contributed by atoms with E-state index in [1.54, 1.807) is 34.3 Å². The summed E-state index contributed by atoms with van der Waals surface area (Å²) in [6.45, 7) is 3.81. The highest BCUT2D eigenvalue weighted by Crippen LogP contribution is 2.35. The van der Waals surface area contributed by atoms with Gasteiger partial charge in [-0.1, -0.05) is 6.92 Å². The first-order valence-electron chi connectivity index (χ1n) is 8.20. The normalized spacial score (nSPS) is 10.6. The number of aryl methyl sites for hydroxylation is 1. The number of thiophene rings is 1. The van der Waals surface area contributed by atoms with Crippen LogP contribution in [0.3, 0.4) is 0 Å². The van der Waals surface area contributed by atoms with E-state index in [-0.39, 0.29) is 28.8 Å². The Balaban J connectivity index is 2.45. The molecular formula is C17H21BrN4O4S. The second-order valence-electron chi connectivity index (χ2n) is 6.05. The number of ether oxygens (including phenoxy) is 1. The van der Waals surface area contributed by atoms with Gasteiger partial charge in [-0.05, 0) is 34.8 Å². The molecule has 8 nitrogen and oxygen atoms in total. The van der Waals surface area contributed by atoms with E-state index in [1.165, 1.54) is 9.58 Å². The van der Waals surface area contributed by atoms with Gasteiger partial charge < -0.3 is 15.0 Å². The van der Waals surface area contributed by atoms with Gasteiger partial charge in [-0.2, -0.15) is 5.10 Å². The van der Waals surface area contributed by atoms with Crippen LogP contribution >= 0.6 is 27.3 Å². The molecule has 0 aliphatic heterocycles. The predicted molar refractivity (Wildman–Crippen MR) is 107 cm³/mol. The van der Waals surface area contributed by atoms with Crippen molar-refractivity contribution in [1.82, 2.24) is 14.7 Å².